The zero-order chi connectivity index (χ0) is 12.3. The average Bonchev–Trinajstić information content (AvgIpc) is 2.98. The maximum Gasteiger partial charge on any atom is 0.157 e. The molecule has 2 aromatic rings. The molecular weight excluding hydrogens is 250 g/mol. The van der Waals surface area contributed by atoms with Crippen LogP contribution in [0.3, 0.4) is 0 Å². The number of hydrogen-bond acceptors (Lipinski definition) is 5. The van der Waals surface area contributed by atoms with Crippen LogP contribution in [0.1, 0.15) is 36.2 Å². The molecule has 2 heterocycles. The van der Waals surface area contributed by atoms with E-state index in [1.165, 1.54) is 9.75 Å². The molecule has 2 rings (SSSR count). The van der Waals surface area contributed by atoms with Gasteiger partial charge in [-0.2, -0.15) is 0 Å². The van der Waals surface area contributed by atoms with Crippen molar-refractivity contribution in [3.63, 3.8) is 0 Å². The highest BCUT2D eigenvalue weighted by Gasteiger charge is 2.14. The predicted octanol–water partition coefficient (Wildman–Crippen LogP) is 3.50. The largest absolute Gasteiger partial charge is 0.311 e. The predicted molar refractivity (Wildman–Crippen MR) is 74.7 cm³/mol. The number of rotatable bonds is 5. The molecule has 0 bridgehead atoms. The van der Waals surface area contributed by atoms with Gasteiger partial charge in [-0.15, -0.1) is 21.5 Å². The standard InChI is InChI=1S/C12H17N3S2/c1-4-8-6-7-10(16-8)12-15-14-11(17-12)9(5-2)13-3/h6-7,9,13H,4-5H2,1-3H3. The van der Waals surface area contributed by atoms with Crippen LogP contribution in [0.15, 0.2) is 12.1 Å². The molecule has 1 atom stereocenters. The van der Waals surface area contributed by atoms with Gasteiger partial charge in [0.05, 0.1) is 10.9 Å². The Kier molecular flexibility index (Phi) is 4.25. The topological polar surface area (TPSA) is 37.8 Å². The van der Waals surface area contributed by atoms with Crippen LogP contribution in [-0.2, 0) is 6.42 Å². The molecule has 1 N–H and O–H groups in total. The highest BCUT2D eigenvalue weighted by molar-refractivity contribution is 7.21. The molecule has 0 amide bonds. The lowest BCUT2D eigenvalue weighted by atomic mass is 10.2. The van der Waals surface area contributed by atoms with Gasteiger partial charge in [-0.1, -0.05) is 25.2 Å². The molecule has 17 heavy (non-hydrogen) atoms. The van der Waals surface area contributed by atoms with Gasteiger partial charge in [0.1, 0.15) is 5.01 Å². The molecule has 5 heteroatoms. The molecule has 0 aliphatic heterocycles. The molecular formula is C12H17N3S2. The van der Waals surface area contributed by atoms with Gasteiger partial charge in [0.25, 0.3) is 0 Å². The van der Waals surface area contributed by atoms with Crippen LogP contribution in [0.5, 0.6) is 0 Å². The van der Waals surface area contributed by atoms with Crippen molar-refractivity contribution in [2.75, 3.05) is 7.05 Å². The molecule has 0 saturated carbocycles. The maximum absolute atomic E-state index is 4.29. The maximum atomic E-state index is 4.29. The summed E-state index contributed by atoms with van der Waals surface area (Å²) in [5.74, 6) is 0. The first-order valence-corrected chi connectivity index (χ1v) is 7.51. The minimum absolute atomic E-state index is 0.326. The smallest absolute Gasteiger partial charge is 0.157 e. The van der Waals surface area contributed by atoms with Crippen molar-refractivity contribution in [3.8, 4) is 9.88 Å². The molecule has 2 aromatic heterocycles. The second-order valence-corrected chi connectivity index (χ2v) is 5.99. The third kappa shape index (κ3) is 2.73. The summed E-state index contributed by atoms with van der Waals surface area (Å²) in [6.07, 6.45) is 2.13. The molecule has 0 aliphatic carbocycles. The van der Waals surface area contributed by atoms with E-state index in [2.05, 4.69) is 41.5 Å². The Bertz CT molecular complexity index is 472. The van der Waals surface area contributed by atoms with Gasteiger partial charge in [0.2, 0.25) is 0 Å². The Balaban J connectivity index is 2.22. The molecule has 0 fully saturated rings. The van der Waals surface area contributed by atoms with Crippen LogP contribution in [0.4, 0.5) is 0 Å². The lowest BCUT2D eigenvalue weighted by Gasteiger charge is -2.07. The summed E-state index contributed by atoms with van der Waals surface area (Å²) in [6, 6.07) is 4.65. The molecule has 0 radical (unpaired) electrons. The normalized spacial score (nSPS) is 12.9. The fourth-order valence-electron chi connectivity index (χ4n) is 1.66. The van der Waals surface area contributed by atoms with E-state index >= 15 is 0 Å². The van der Waals surface area contributed by atoms with Crippen molar-refractivity contribution in [1.82, 2.24) is 15.5 Å². The van der Waals surface area contributed by atoms with E-state index in [0.717, 1.165) is 22.9 Å². The van der Waals surface area contributed by atoms with Gasteiger partial charge in [-0.25, -0.2) is 0 Å². The van der Waals surface area contributed by atoms with E-state index in [0.29, 0.717) is 6.04 Å². The van der Waals surface area contributed by atoms with E-state index in [4.69, 9.17) is 0 Å². The second-order valence-electron chi connectivity index (χ2n) is 3.81. The number of hydrogen-bond donors (Lipinski definition) is 1. The first kappa shape index (κ1) is 12.7. The second kappa shape index (κ2) is 5.71. The average molecular weight is 267 g/mol. The lowest BCUT2D eigenvalue weighted by Crippen LogP contribution is -2.14. The van der Waals surface area contributed by atoms with Crippen LogP contribution in [-0.4, -0.2) is 17.2 Å². The third-order valence-electron chi connectivity index (χ3n) is 2.72. The Labute approximate surface area is 110 Å². The number of aromatic nitrogens is 2. The Hall–Kier alpha value is -0.780. The zero-order valence-electron chi connectivity index (χ0n) is 10.4. The highest BCUT2D eigenvalue weighted by Crippen LogP contribution is 2.32. The van der Waals surface area contributed by atoms with E-state index in [9.17, 15) is 0 Å². The Morgan fingerprint density at radius 1 is 1.24 bits per heavy atom. The lowest BCUT2D eigenvalue weighted by molar-refractivity contribution is 0.568. The van der Waals surface area contributed by atoms with Gasteiger partial charge >= 0.3 is 0 Å². The van der Waals surface area contributed by atoms with Gasteiger partial charge in [0, 0.05) is 4.88 Å². The van der Waals surface area contributed by atoms with Crippen molar-refractivity contribution >= 4 is 22.7 Å². The van der Waals surface area contributed by atoms with Crippen LogP contribution in [0.25, 0.3) is 9.88 Å². The summed E-state index contributed by atoms with van der Waals surface area (Å²) in [6.45, 7) is 4.33. The number of thiophene rings is 1. The highest BCUT2D eigenvalue weighted by atomic mass is 32.1. The van der Waals surface area contributed by atoms with Gasteiger partial charge < -0.3 is 5.32 Å². The zero-order valence-corrected chi connectivity index (χ0v) is 12.0. The fraction of sp³-hybridized carbons (Fsp3) is 0.500. The quantitative estimate of drug-likeness (QED) is 0.901. The molecule has 0 aromatic carbocycles. The van der Waals surface area contributed by atoms with E-state index in [1.807, 2.05) is 18.4 Å². The molecule has 3 nitrogen and oxygen atoms in total. The SMILES string of the molecule is CCc1ccc(-c2nnc(C(CC)NC)s2)s1. The first-order valence-electron chi connectivity index (χ1n) is 5.88. The van der Waals surface area contributed by atoms with Gasteiger partial charge in [-0.3, -0.25) is 0 Å². The molecule has 1 unspecified atom stereocenters. The summed E-state index contributed by atoms with van der Waals surface area (Å²) in [4.78, 5) is 2.63. The summed E-state index contributed by atoms with van der Waals surface area (Å²) in [7, 11) is 1.97. The third-order valence-corrected chi connectivity index (χ3v) is 5.15. The van der Waals surface area contributed by atoms with Gasteiger partial charge in [-0.05, 0) is 32.0 Å². The van der Waals surface area contributed by atoms with Crippen molar-refractivity contribution in [3.05, 3.63) is 22.0 Å². The van der Waals surface area contributed by atoms with Crippen LogP contribution < -0.4 is 5.32 Å². The van der Waals surface area contributed by atoms with Gasteiger partial charge in [0.15, 0.2) is 5.01 Å². The minimum Gasteiger partial charge on any atom is -0.311 e. The first-order chi connectivity index (χ1) is 8.28. The molecule has 0 aliphatic rings. The summed E-state index contributed by atoms with van der Waals surface area (Å²) in [5, 5.41) is 14.0. The van der Waals surface area contributed by atoms with Crippen molar-refractivity contribution in [1.29, 1.82) is 0 Å². The van der Waals surface area contributed by atoms with Crippen LogP contribution in [0, 0.1) is 0 Å². The van der Waals surface area contributed by atoms with E-state index < -0.39 is 0 Å². The number of nitrogens with one attached hydrogen (secondary N) is 1. The van der Waals surface area contributed by atoms with Crippen LogP contribution in [0.2, 0.25) is 0 Å². The summed E-state index contributed by atoms with van der Waals surface area (Å²) < 4.78 is 0. The summed E-state index contributed by atoms with van der Waals surface area (Å²) in [5.41, 5.74) is 0. The van der Waals surface area contributed by atoms with Crippen molar-refractivity contribution < 1.29 is 0 Å². The fourth-order valence-corrected chi connectivity index (χ4v) is 3.69. The van der Waals surface area contributed by atoms with Crippen molar-refractivity contribution in [2.24, 2.45) is 0 Å². The Morgan fingerprint density at radius 3 is 2.65 bits per heavy atom. The van der Waals surface area contributed by atoms with Crippen LogP contribution >= 0.6 is 22.7 Å². The molecule has 0 spiro atoms. The monoisotopic (exact) mass is 267 g/mol. The number of nitrogens with zero attached hydrogens (tertiary/aromatic N) is 2. The Morgan fingerprint density at radius 2 is 2.06 bits per heavy atom. The summed E-state index contributed by atoms with van der Waals surface area (Å²) >= 11 is 3.51. The van der Waals surface area contributed by atoms with E-state index in [1.54, 1.807) is 11.3 Å². The van der Waals surface area contributed by atoms with E-state index in [-0.39, 0.29) is 0 Å². The minimum atomic E-state index is 0.326. The van der Waals surface area contributed by atoms with Crippen molar-refractivity contribution in [2.45, 2.75) is 32.7 Å². The molecule has 92 valence electrons. The number of aryl methyl sites for hydroxylation is 1. The molecule has 0 saturated heterocycles.